The summed E-state index contributed by atoms with van der Waals surface area (Å²) in [6.45, 7) is 7.73. The van der Waals surface area contributed by atoms with Gasteiger partial charge in [-0.3, -0.25) is 19.8 Å². The molecule has 1 aromatic heterocycles. The molecule has 1 aliphatic rings. The zero-order valence-electron chi connectivity index (χ0n) is 20.2. The Kier molecular flexibility index (Phi) is 7.23. The molecule has 7 nitrogen and oxygen atoms in total. The van der Waals surface area contributed by atoms with Crippen molar-refractivity contribution < 1.29 is 19.1 Å². The average Bonchev–Trinajstić information content (AvgIpc) is 3.10. The second kappa shape index (κ2) is 10.2. The van der Waals surface area contributed by atoms with E-state index in [0.717, 1.165) is 27.1 Å². The van der Waals surface area contributed by atoms with Crippen LogP contribution in [0.2, 0.25) is 0 Å². The summed E-state index contributed by atoms with van der Waals surface area (Å²) in [4.78, 5) is 39.8. The lowest BCUT2D eigenvalue weighted by molar-refractivity contribution is -0.122. The molecule has 1 saturated heterocycles. The third kappa shape index (κ3) is 4.76. The number of halogens is 1. The highest BCUT2D eigenvalue weighted by Gasteiger charge is 2.35. The number of nitrogens with zero attached hydrogens (tertiary/aromatic N) is 2. The van der Waals surface area contributed by atoms with Crippen molar-refractivity contribution in [2.45, 2.75) is 27.7 Å². The Hall–Kier alpha value is -3.56. The van der Waals surface area contributed by atoms with Crippen LogP contribution in [0, 0.1) is 20.8 Å². The molecule has 2 amide bonds. The zero-order chi connectivity index (χ0) is 26.1. The van der Waals surface area contributed by atoms with Gasteiger partial charge in [-0.05, 0) is 99.6 Å². The highest BCUT2D eigenvalue weighted by molar-refractivity contribution is 9.10. The molecule has 0 atom stereocenters. The molecule has 0 spiro atoms. The van der Waals surface area contributed by atoms with Crippen LogP contribution in [-0.2, 0) is 14.3 Å². The van der Waals surface area contributed by atoms with Crippen LogP contribution in [0.5, 0.6) is 0 Å². The molecule has 0 aliphatic carbocycles. The molecule has 9 heteroatoms. The summed E-state index contributed by atoms with van der Waals surface area (Å²) >= 11 is 8.76. The van der Waals surface area contributed by atoms with Gasteiger partial charge in [0.05, 0.1) is 17.9 Å². The number of ether oxygens (including phenoxy) is 1. The third-order valence-electron chi connectivity index (χ3n) is 5.89. The molecule has 1 aliphatic heterocycles. The zero-order valence-corrected chi connectivity index (χ0v) is 22.6. The maximum Gasteiger partial charge on any atom is 0.338 e. The van der Waals surface area contributed by atoms with Crippen molar-refractivity contribution in [2.75, 3.05) is 11.5 Å². The van der Waals surface area contributed by atoms with Gasteiger partial charge >= 0.3 is 5.97 Å². The number of carbonyl (C=O) groups excluding carboxylic acids is 3. The molecular formula is C27H24BrN3O4S. The summed E-state index contributed by atoms with van der Waals surface area (Å²) in [5.41, 5.74) is 5.00. The fourth-order valence-electron chi connectivity index (χ4n) is 4.22. The SMILES string of the molecule is CCOC(=O)c1cccc(-n2c(C)cc(/C=C3\C(=O)NC(=S)N(c4ccc(Br)cc4C)C3=O)c2C)c1. The number of benzene rings is 2. The summed E-state index contributed by atoms with van der Waals surface area (Å²) in [7, 11) is 0. The van der Waals surface area contributed by atoms with E-state index in [0.29, 0.717) is 23.4 Å². The van der Waals surface area contributed by atoms with Crippen LogP contribution in [0.3, 0.4) is 0 Å². The molecule has 184 valence electrons. The first-order chi connectivity index (χ1) is 17.1. The van der Waals surface area contributed by atoms with Crippen molar-refractivity contribution in [3.8, 4) is 5.69 Å². The quantitative estimate of drug-likeness (QED) is 0.200. The van der Waals surface area contributed by atoms with Gasteiger partial charge in [-0.1, -0.05) is 22.0 Å². The average molecular weight is 566 g/mol. The molecule has 2 aromatic carbocycles. The first kappa shape index (κ1) is 25.5. The maximum atomic E-state index is 13.5. The number of nitrogens with one attached hydrogen (secondary N) is 1. The normalized spacial score (nSPS) is 14.9. The lowest BCUT2D eigenvalue weighted by atomic mass is 10.1. The van der Waals surface area contributed by atoms with Gasteiger partial charge in [0.1, 0.15) is 5.57 Å². The Morgan fingerprint density at radius 2 is 1.86 bits per heavy atom. The van der Waals surface area contributed by atoms with Gasteiger partial charge in [0.2, 0.25) is 0 Å². The lowest BCUT2D eigenvalue weighted by Gasteiger charge is -2.30. The Balaban J connectivity index is 1.75. The van der Waals surface area contributed by atoms with Crippen molar-refractivity contribution in [2.24, 2.45) is 0 Å². The third-order valence-corrected chi connectivity index (χ3v) is 6.66. The van der Waals surface area contributed by atoms with Crippen molar-refractivity contribution in [1.82, 2.24) is 9.88 Å². The van der Waals surface area contributed by atoms with Gasteiger partial charge in [-0.15, -0.1) is 0 Å². The Morgan fingerprint density at radius 1 is 1.11 bits per heavy atom. The molecule has 3 aromatic rings. The first-order valence-electron chi connectivity index (χ1n) is 11.3. The van der Waals surface area contributed by atoms with Gasteiger partial charge in [-0.25, -0.2) is 4.79 Å². The molecule has 0 unspecified atom stereocenters. The Morgan fingerprint density at radius 3 is 2.56 bits per heavy atom. The van der Waals surface area contributed by atoms with Crippen molar-refractivity contribution in [1.29, 1.82) is 0 Å². The van der Waals surface area contributed by atoms with E-state index < -0.39 is 17.8 Å². The van der Waals surface area contributed by atoms with E-state index in [-0.39, 0.29) is 10.7 Å². The maximum absolute atomic E-state index is 13.5. The Labute approximate surface area is 222 Å². The van der Waals surface area contributed by atoms with Gasteiger partial charge in [0.15, 0.2) is 5.11 Å². The van der Waals surface area contributed by atoms with Crippen molar-refractivity contribution >= 4 is 62.8 Å². The van der Waals surface area contributed by atoms with Gasteiger partial charge < -0.3 is 9.30 Å². The van der Waals surface area contributed by atoms with Crippen molar-refractivity contribution in [3.63, 3.8) is 0 Å². The highest BCUT2D eigenvalue weighted by Crippen LogP contribution is 2.29. The van der Waals surface area contributed by atoms with E-state index in [1.807, 2.05) is 49.6 Å². The van der Waals surface area contributed by atoms with Crippen LogP contribution in [0.4, 0.5) is 5.69 Å². The number of esters is 1. The number of carbonyl (C=O) groups is 3. The number of thiocarbonyl (C=S) groups is 1. The first-order valence-corrected chi connectivity index (χ1v) is 12.5. The summed E-state index contributed by atoms with van der Waals surface area (Å²) in [5.74, 6) is -1.44. The van der Waals surface area contributed by atoms with E-state index in [1.54, 1.807) is 37.3 Å². The fourth-order valence-corrected chi connectivity index (χ4v) is 4.97. The fraction of sp³-hybridized carbons (Fsp3) is 0.185. The van der Waals surface area contributed by atoms with Crippen LogP contribution in [-0.4, -0.2) is 34.1 Å². The highest BCUT2D eigenvalue weighted by atomic mass is 79.9. The minimum absolute atomic E-state index is 0.0218. The number of aromatic nitrogens is 1. The minimum atomic E-state index is -0.551. The number of hydrogen-bond acceptors (Lipinski definition) is 5. The molecular weight excluding hydrogens is 542 g/mol. The summed E-state index contributed by atoms with van der Waals surface area (Å²) in [6.07, 6.45) is 1.58. The molecule has 0 saturated carbocycles. The van der Waals surface area contributed by atoms with E-state index in [9.17, 15) is 14.4 Å². The van der Waals surface area contributed by atoms with Crippen molar-refractivity contribution in [3.05, 3.63) is 86.7 Å². The predicted octanol–water partition coefficient (Wildman–Crippen LogP) is 5.17. The molecule has 2 heterocycles. The Bertz CT molecular complexity index is 1460. The topological polar surface area (TPSA) is 80.6 Å². The lowest BCUT2D eigenvalue weighted by Crippen LogP contribution is -2.54. The van der Waals surface area contributed by atoms with Crippen LogP contribution in [0.15, 0.2) is 58.6 Å². The monoisotopic (exact) mass is 565 g/mol. The molecule has 0 bridgehead atoms. The number of hydrogen-bond donors (Lipinski definition) is 1. The molecule has 1 N–H and O–H groups in total. The van der Waals surface area contributed by atoms with Gasteiger partial charge in [0, 0.05) is 21.5 Å². The van der Waals surface area contributed by atoms with Crippen LogP contribution in [0.25, 0.3) is 11.8 Å². The van der Waals surface area contributed by atoms with Crippen LogP contribution < -0.4 is 10.2 Å². The number of aryl methyl sites for hydroxylation is 2. The van der Waals surface area contributed by atoms with E-state index in [1.165, 1.54) is 4.90 Å². The minimum Gasteiger partial charge on any atom is -0.462 e. The predicted molar refractivity (Wildman–Crippen MR) is 146 cm³/mol. The summed E-state index contributed by atoms with van der Waals surface area (Å²) in [6, 6.07) is 14.5. The number of anilines is 1. The standard InChI is InChI=1S/C27H24BrN3O4S/c1-5-35-26(34)18-7-6-8-21(13-18)30-16(3)12-19(17(30)4)14-22-24(32)29-27(36)31(25(22)33)23-10-9-20(28)11-15(23)2/h6-14H,5H2,1-4H3,(H,29,32,36)/b22-14+. The molecule has 0 radical (unpaired) electrons. The largest absolute Gasteiger partial charge is 0.462 e. The van der Waals surface area contributed by atoms with E-state index in [2.05, 4.69) is 21.2 Å². The summed E-state index contributed by atoms with van der Waals surface area (Å²) < 4.78 is 7.95. The summed E-state index contributed by atoms with van der Waals surface area (Å²) in [5, 5.41) is 2.67. The smallest absolute Gasteiger partial charge is 0.338 e. The second-order valence-electron chi connectivity index (χ2n) is 8.32. The molecule has 36 heavy (non-hydrogen) atoms. The number of rotatable bonds is 5. The number of amides is 2. The molecule has 1 fully saturated rings. The molecule has 4 rings (SSSR count). The van der Waals surface area contributed by atoms with Crippen LogP contribution in [0.1, 0.15) is 39.8 Å². The van der Waals surface area contributed by atoms with Gasteiger partial charge in [-0.2, -0.15) is 0 Å². The van der Waals surface area contributed by atoms with E-state index in [4.69, 9.17) is 17.0 Å². The van der Waals surface area contributed by atoms with E-state index >= 15 is 0 Å². The van der Waals surface area contributed by atoms with Crippen LogP contribution >= 0.6 is 28.1 Å². The second-order valence-corrected chi connectivity index (χ2v) is 9.62. The van der Waals surface area contributed by atoms with Gasteiger partial charge in [0.25, 0.3) is 11.8 Å².